The van der Waals surface area contributed by atoms with Crippen LogP contribution in [-0.4, -0.2) is 10.3 Å². The van der Waals surface area contributed by atoms with Gasteiger partial charge in [0.2, 0.25) is 0 Å². The Morgan fingerprint density at radius 1 is 1.12 bits per heavy atom. The first kappa shape index (κ1) is 10.1. The molecule has 84 valence electrons. The fraction of sp³-hybridized carbons (Fsp3) is 0. The Morgan fingerprint density at radius 2 is 1.94 bits per heavy atom. The quantitative estimate of drug-likeness (QED) is 0.745. The smallest absolute Gasteiger partial charge is 0.177 e. The van der Waals surface area contributed by atoms with Crippen molar-refractivity contribution in [2.45, 2.75) is 0 Å². The predicted molar refractivity (Wildman–Crippen MR) is 66.9 cm³/mol. The molecule has 3 rings (SSSR count). The van der Waals surface area contributed by atoms with E-state index in [0.717, 1.165) is 21.9 Å². The second kappa shape index (κ2) is 4.07. The summed E-state index contributed by atoms with van der Waals surface area (Å²) in [6, 6.07) is 12.8. The van der Waals surface area contributed by atoms with Crippen LogP contribution in [0.25, 0.3) is 21.9 Å². The van der Waals surface area contributed by atoms with Gasteiger partial charge < -0.3 is 9.63 Å². The van der Waals surface area contributed by atoms with Gasteiger partial charge in [-0.3, -0.25) is 0 Å². The number of rotatable bonds is 2. The molecule has 2 aromatic heterocycles. The molecule has 1 aromatic carbocycles. The van der Waals surface area contributed by atoms with Crippen LogP contribution >= 0.6 is 11.3 Å². The van der Waals surface area contributed by atoms with Crippen LogP contribution in [0.3, 0.4) is 0 Å². The molecule has 0 atom stereocenters. The molecule has 4 heteroatoms. The molecule has 0 aliphatic heterocycles. The molecule has 0 bridgehead atoms. The van der Waals surface area contributed by atoms with Crippen molar-refractivity contribution < 1.29 is 9.63 Å². The van der Waals surface area contributed by atoms with E-state index in [1.54, 1.807) is 23.5 Å². The van der Waals surface area contributed by atoms with E-state index in [1.807, 2.05) is 35.7 Å². The molecule has 0 aliphatic rings. The van der Waals surface area contributed by atoms with E-state index in [9.17, 15) is 5.11 Å². The number of benzene rings is 1. The number of aromatic hydroxyl groups is 1. The van der Waals surface area contributed by atoms with Gasteiger partial charge in [-0.15, -0.1) is 11.3 Å². The molecule has 0 saturated heterocycles. The molecule has 1 N–H and O–H groups in total. The Balaban J connectivity index is 1.98. The zero-order valence-corrected chi connectivity index (χ0v) is 9.65. The van der Waals surface area contributed by atoms with Crippen molar-refractivity contribution in [2.24, 2.45) is 0 Å². The van der Waals surface area contributed by atoms with Crippen LogP contribution in [0, 0.1) is 0 Å². The highest BCUT2D eigenvalue weighted by Crippen LogP contribution is 2.29. The number of hydrogen-bond acceptors (Lipinski definition) is 4. The molecule has 0 spiro atoms. The van der Waals surface area contributed by atoms with E-state index in [-0.39, 0.29) is 5.75 Å². The van der Waals surface area contributed by atoms with Gasteiger partial charge in [0.15, 0.2) is 5.76 Å². The second-order valence-electron chi connectivity index (χ2n) is 3.60. The number of aromatic nitrogens is 1. The van der Waals surface area contributed by atoms with Gasteiger partial charge in [-0.25, -0.2) is 0 Å². The average molecular weight is 243 g/mol. The number of hydrogen-bond donors (Lipinski definition) is 1. The largest absolute Gasteiger partial charge is 0.508 e. The maximum absolute atomic E-state index is 9.22. The average Bonchev–Trinajstić information content (AvgIpc) is 3.00. The number of phenols is 1. The van der Waals surface area contributed by atoms with Gasteiger partial charge in [-0.05, 0) is 35.7 Å². The third kappa shape index (κ3) is 1.94. The molecule has 2 heterocycles. The van der Waals surface area contributed by atoms with Crippen molar-refractivity contribution in [3.8, 4) is 27.6 Å². The Hall–Kier alpha value is -2.07. The highest BCUT2D eigenvalue weighted by Gasteiger charge is 2.08. The standard InChI is InChI=1S/C13H9NO2S/c15-10-5-3-9(4-6-10)11-8-12(16-14-11)13-2-1-7-17-13/h1-8,15H. The summed E-state index contributed by atoms with van der Waals surface area (Å²) in [7, 11) is 0. The molecular weight excluding hydrogens is 234 g/mol. The van der Waals surface area contributed by atoms with Gasteiger partial charge in [0.1, 0.15) is 11.4 Å². The minimum absolute atomic E-state index is 0.246. The van der Waals surface area contributed by atoms with E-state index < -0.39 is 0 Å². The maximum atomic E-state index is 9.22. The topological polar surface area (TPSA) is 46.3 Å². The number of phenolic OH excluding ortho intramolecular Hbond substituents is 1. The van der Waals surface area contributed by atoms with E-state index in [4.69, 9.17) is 4.52 Å². The molecular formula is C13H9NO2S. The summed E-state index contributed by atoms with van der Waals surface area (Å²) in [6.07, 6.45) is 0. The van der Waals surface area contributed by atoms with E-state index in [1.165, 1.54) is 0 Å². The van der Waals surface area contributed by atoms with Crippen LogP contribution in [-0.2, 0) is 0 Å². The second-order valence-corrected chi connectivity index (χ2v) is 4.55. The van der Waals surface area contributed by atoms with Crippen molar-refractivity contribution in [3.63, 3.8) is 0 Å². The monoisotopic (exact) mass is 243 g/mol. The van der Waals surface area contributed by atoms with Crippen LogP contribution < -0.4 is 0 Å². The number of nitrogens with zero attached hydrogens (tertiary/aromatic N) is 1. The highest BCUT2D eigenvalue weighted by atomic mass is 32.1. The van der Waals surface area contributed by atoms with Gasteiger partial charge in [0, 0.05) is 11.6 Å². The number of thiophene rings is 1. The van der Waals surface area contributed by atoms with Crippen LogP contribution in [0.15, 0.2) is 52.4 Å². The van der Waals surface area contributed by atoms with Crippen molar-refractivity contribution in [1.82, 2.24) is 5.16 Å². The molecule has 0 amide bonds. The van der Waals surface area contributed by atoms with E-state index >= 15 is 0 Å². The lowest BCUT2D eigenvalue weighted by atomic mass is 10.1. The zero-order valence-electron chi connectivity index (χ0n) is 8.83. The molecule has 0 radical (unpaired) electrons. The van der Waals surface area contributed by atoms with Crippen molar-refractivity contribution in [2.75, 3.05) is 0 Å². The van der Waals surface area contributed by atoms with Crippen molar-refractivity contribution >= 4 is 11.3 Å². The van der Waals surface area contributed by atoms with Crippen molar-refractivity contribution in [3.05, 3.63) is 47.8 Å². The minimum Gasteiger partial charge on any atom is -0.508 e. The Labute approximate surface area is 102 Å². The van der Waals surface area contributed by atoms with Gasteiger partial charge in [0.25, 0.3) is 0 Å². The first-order valence-corrected chi connectivity index (χ1v) is 6.01. The predicted octanol–water partition coefficient (Wildman–Crippen LogP) is 3.78. The van der Waals surface area contributed by atoms with Gasteiger partial charge >= 0.3 is 0 Å². The summed E-state index contributed by atoms with van der Waals surface area (Å²) in [5.74, 6) is 1.01. The van der Waals surface area contributed by atoms with Crippen LogP contribution in [0.4, 0.5) is 0 Å². The fourth-order valence-corrected chi connectivity index (χ4v) is 2.25. The zero-order chi connectivity index (χ0) is 11.7. The molecule has 3 nitrogen and oxygen atoms in total. The molecule has 0 aliphatic carbocycles. The molecule has 0 saturated carbocycles. The summed E-state index contributed by atoms with van der Waals surface area (Å²) in [5, 5.41) is 15.2. The van der Waals surface area contributed by atoms with Crippen LogP contribution in [0.1, 0.15) is 0 Å². The molecule has 3 aromatic rings. The third-order valence-electron chi connectivity index (χ3n) is 2.44. The normalized spacial score (nSPS) is 10.6. The summed E-state index contributed by atoms with van der Waals surface area (Å²) in [4.78, 5) is 1.06. The summed E-state index contributed by atoms with van der Waals surface area (Å²) < 4.78 is 5.29. The highest BCUT2D eigenvalue weighted by molar-refractivity contribution is 7.13. The first-order valence-electron chi connectivity index (χ1n) is 5.13. The third-order valence-corrected chi connectivity index (χ3v) is 3.32. The molecule has 0 unspecified atom stereocenters. The van der Waals surface area contributed by atoms with Crippen LogP contribution in [0.2, 0.25) is 0 Å². The Kier molecular flexibility index (Phi) is 2.42. The van der Waals surface area contributed by atoms with Gasteiger partial charge in [-0.2, -0.15) is 0 Å². The Bertz CT molecular complexity index is 611. The van der Waals surface area contributed by atoms with Crippen molar-refractivity contribution in [1.29, 1.82) is 0 Å². The molecule has 0 fully saturated rings. The molecule has 17 heavy (non-hydrogen) atoms. The Morgan fingerprint density at radius 3 is 2.65 bits per heavy atom. The summed E-state index contributed by atoms with van der Waals surface area (Å²) in [6.45, 7) is 0. The lowest BCUT2D eigenvalue weighted by Crippen LogP contribution is -1.74. The SMILES string of the molecule is Oc1ccc(-c2cc(-c3cccs3)on2)cc1. The summed E-state index contributed by atoms with van der Waals surface area (Å²) >= 11 is 1.61. The van der Waals surface area contributed by atoms with Crippen LogP contribution in [0.5, 0.6) is 5.75 Å². The lowest BCUT2D eigenvalue weighted by Gasteiger charge is -1.94. The minimum atomic E-state index is 0.246. The fourth-order valence-electron chi connectivity index (χ4n) is 1.58. The summed E-state index contributed by atoms with van der Waals surface area (Å²) in [5.41, 5.74) is 1.70. The maximum Gasteiger partial charge on any atom is 0.177 e. The van der Waals surface area contributed by atoms with E-state index in [0.29, 0.717) is 0 Å². The lowest BCUT2D eigenvalue weighted by molar-refractivity contribution is 0.435. The van der Waals surface area contributed by atoms with Gasteiger partial charge in [0.05, 0.1) is 4.88 Å². The first-order chi connectivity index (χ1) is 8.33. The van der Waals surface area contributed by atoms with Gasteiger partial charge in [-0.1, -0.05) is 11.2 Å². The van der Waals surface area contributed by atoms with E-state index in [2.05, 4.69) is 5.16 Å².